The van der Waals surface area contributed by atoms with E-state index in [0.717, 1.165) is 12.8 Å². The van der Waals surface area contributed by atoms with E-state index < -0.39 is 8.07 Å². The van der Waals surface area contributed by atoms with Gasteiger partial charge in [-0.3, -0.25) is 0 Å². The highest BCUT2D eigenvalue weighted by Gasteiger charge is 2.60. The summed E-state index contributed by atoms with van der Waals surface area (Å²) < 4.78 is 0. The van der Waals surface area contributed by atoms with E-state index in [2.05, 4.69) is 325 Å². The van der Waals surface area contributed by atoms with Crippen molar-refractivity contribution in [2.75, 3.05) is 14.7 Å². The molecule has 4 aliphatic heterocycles. The molecule has 3 nitrogen and oxygen atoms in total. The molecule has 11 aromatic carbocycles. The minimum absolute atomic E-state index is 0.0696. The molecule has 0 saturated heterocycles. The molecule has 0 spiro atoms. The Morgan fingerprint density at radius 3 is 1.28 bits per heavy atom. The number of hydrogen-bond donors (Lipinski definition) is 0. The van der Waals surface area contributed by atoms with Crippen molar-refractivity contribution in [3.05, 3.63) is 271 Å². The summed E-state index contributed by atoms with van der Waals surface area (Å²) in [5.41, 5.74) is 25.1. The van der Waals surface area contributed by atoms with Crippen molar-refractivity contribution in [2.24, 2.45) is 0 Å². The summed E-state index contributed by atoms with van der Waals surface area (Å²) in [6.45, 7) is 19.2. The van der Waals surface area contributed by atoms with Crippen LogP contribution in [-0.4, -0.2) is 20.3 Å². The van der Waals surface area contributed by atoms with Crippen molar-refractivity contribution in [3.63, 3.8) is 0 Å². The van der Waals surface area contributed by atoms with Gasteiger partial charge in [0.05, 0.1) is 16.9 Å². The number of fused-ring (bicyclic) bond motifs is 3. The molecule has 4 heterocycles. The Balaban J connectivity index is 1.08. The fourth-order valence-corrected chi connectivity index (χ4v) is 22.0. The zero-order valence-corrected chi connectivity index (χ0v) is 52.5. The first-order valence-corrected chi connectivity index (χ1v) is 33.7. The molecular formula is C82H74BN3Si. The minimum atomic E-state index is -3.14. The molecule has 1 aliphatic carbocycles. The number of nitrogens with zero attached hydrogens (tertiary/aromatic N) is 3. The molecule has 0 aromatic heterocycles. The van der Waals surface area contributed by atoms with Crippen molar-refractivity contribution >= 4 is 97.4 Å². The van der Waals surface area contributed by atoms with Crippen LogP contribution in [0.15, 0.2) is 255 Å². The molecular weight excluding hydrogens is 1070 g/mol. The van der Waals surface area contributed by atoms with Crippen molar-refractivity contribution in [1.82, 2.24) is 0 Å². The summed E-state index contributed by atoms with van der Waals surface area (Å²) in [5, 5.41) is 5.72. The predicted molar refractivity (Wildman–Crippen MR) is 374 cm³/mol. The van der Waals surface area contributed by atoms with Gasteiger partial charge in [0.25, 0.3) is 6.71 Å². The lowest BCUT2D eigenvalue weighted by Gasteiger charge is -2.53. The Morgan fingerprint density at radius 1 is 0.368 bits per heavy atom. The second-order valence-electron chi connectivity index (χ2n) is 27.9. The normalized spacial score (nSPS) is 18.5. The van der Waals surface area contributed by atoms with Crippen LogP contribution in [0.2, 0.25) is 0 Å². The van der Waals surface area contributed by atoms with Crippen LogP contribution in [0.4, 0.5) is 45.5 Å². The lowest BCUT2D eigenvalue weighted by Crippen LogP contribution is -2.88. The predicted octanol–water partition coefficient (Wildman–Crippen LogP) is 16.8. The number of anilines is 8. The van der Waals surface area contributed by atoms with Crippen molar-refractivity contribution in [1.29, 1.82) is 0 Å². The highest BCUT2D eigenvalue weighted by Crippen LogP contribution is 2.63. The Hall–Kier alpha value is -8.90. The van der Waals surface area contributed by atoms with Crippen LogP contribution in [-0.2, 0) is 16.2 Å². The van der Waals surface area contributed by atoms with Gasteiger partial charge in [0.1, 0.15) is 0 Å². The molecule has 2 unspecified atom stereocenters. The highest BCUT2D eigenvalue weighted by atomic mass is 28.3. The smallest absolute Gasteiger partial charge is 0.251 e. The second kappa shape index (κ2) is 19.6. The van der Waals surface area contributed by atoms with Crippen molar-refractivity contribution in [3.8, 4) is 33.4 Å². The maximum absolute atomic E-state index is 3.14. The van der Waals surface area contributed by atoms with Gasteiger partial charge in [-0.1, -0.05) is 255 Å². The van der Waals surface area contributed by atoms with Crippen LogP contribution in [0, 0.1) is 0 Å². The maximum Gasteiger partial charge on any atom is 0.251 e. The van der Waals surface area contributed by atoms with Crippen LogP contribution in [0.1, 0.15) is 97.8 Å². The zero-order valence-electron chi connectivity index (χ0n) is 51.5. The van der Waals surface area contributed by atoms with E-state index in [4.69, 9.17) is 0 Å². The van der Waals surface area contributed by atoms with Gasteiger partial charge in [-0.25, -0.2) is 0 Å². The first-order chi connectivity index (χ1) is 42.2. The van der Waals surface area contributed by atoms with Crippen LogP contribution >= 0.6 is 0 Å². The van der Waals surface area contributed by atoms with Gasteiger partial charge in [0.15, 0.2) is 8.07 Å². The molecule has 5 heteroatoms. The van der Waals surface area contributed by atoms with Crippen LogP contribution < -0.4 is 51.8 Å². The molecule has 0 N–H and O–H groups in total. The average Bonchev–Trinajstić information content (AvgIpc) is 1.16. The molecule has 0 bridgehead atoms. The van der Waals surface area contributed by atoms with E-state index in [9.17, 15) is 0 Å². The van der Waals surface area contributed by atoms with Gasteiger partial charge in [-0.15, -0.1) is 0 Å². The van der Waals surface area contributed by atoms with E-state index in [0.29, 0.717) is 0 Å². The molecule has 0 amide bonds. The third kappa shape index (κ3) is 7.80. The number of benzene rings is 11. The quantitative estimate of drug-likeness (QED) is 0.140. The van der Waals surface area contributed by atoms with Crippen LogP contribution in [0.3, 0.4) is 0 Å². The summed E-state index contributed by atoms with van der Waals surface area (Å²) in [6, 6.07) is 99.1. The monoisotopic (exact) mass is 1140 g/mol. The fourth-order valence-electron chi connectivity index (χ4n) is 16.7. The average molecular weight is 1140 g/mol. The van der Waals surface area contributed by atoms with Crippen LogP contribution in [0.25, 0.3) is 33.4 Å². The second-order valence-corrected chi connectivity index (χ2v) is 31.6. The third-order valence-electron chi connectivity index (χ3n) is 21.2. The molecule has 5 aliphatic rings. The lowest BCUT2D eigenvalue weighted by molar-refractivity contribution is 0.195. The lowest BCUT2D eigenvalue weighted by atomic mass is 9.33. The van der Waals surface area contributed by atoms with Gasteiger partial charge in [0, 0.05) is 50.7 Å². The van der Waals surface area contributed by atoms with Crippen molar-refractivity contribution < 1.29 is 0 Å². The van der Waals surface area contributed by atoms with Crippen LogP contribution in [0.5, 0.6) is 0 Å². The molecule has 16 rings (SSSR count). The van der Waals surface area contributed by atoms with E-state index in [-0.39, 0.29) is 28.5 Å². The summed E-state index contributed by atoms with van der Waals surface area (Å²) in [6.07, 6.45) is 4.61. The third-order valence-corrected chi connectivity index (χ3v) is 26.1. The number of hydrogen-bond acceptors (Lipinski definition) is 3. The summed E-state index contributed by atoms with van der Waals surface area (Å²) >= 11 is 0. The molecule has 1 fully saturated rings. The molecule has 11 aromatic rings. The summed E-state index contributed by atoms with van der Waals surface area (Å²) in [7, 11) is -3.14. The van der Waals surface area contributed by atoms with Gasteiger partial charge in [0.2, 0.25) is 0 Å². The largest absolute Gasteiger partial charge is 0.334 e. The van der Waals surface area contributed by atoms with Gasteiger partial charge >= 0.3 is 0 Å². The van der Waals surface area contributed by atoms with Gasteiger partial charge < -0.3 is 14.7 Å². The van der Waals surface area contributed by atoms with E-state index >= 15 is 0 Å². The van der Waals surface area contributed by atoms with Gasteiger partial charge in [-0.05, 0) is 167 Å². The van der Waals surface area contributed by atoms with E-state index in [1.54, 1.807) is 0 Å². The van der Waals surface area contributed by atoms with Gasteiger partial charge in [-0.2, -0.15) is 0 Å². The molecule has 87 heavy (non-hydrogen) atoms. The Morgan fingerprint density at radius 2 is 0.805 bits per heavy atom. The topological polar surface area (TPSA) is 9.72 Å². The molecule has 1 saturated carbocycles. The Labute approximate surface area is 516 Å². The molecule has 2 atom stereocenters. The first-order valence-electron chi connectivity index (χ1n) is 31.7. The summed E-state index contributed by atoms with van der Waals surface area (Å²) in [5.74, 6) is 0. The SMILES string of the molecule is CC(C)(C)c1ccc(N2c3cc(N4c5ccc(-c6ccccc6)cc5C5(C)CCCCC45C)cc4c3B3c5c2cccc5[Si](c2ccccc2)(c2ccccc2)c2cccc(c23)N4c2ccc(C(C)(C)C)cc2-c2ccccc2)c(-c2ccccc2)c1. The standard InChI is InChI=1S/C82H74BN3Si/c1-79(2,3)59-43-46-67(64(51-59)56-30-16-10-17-31-56)84-70-38-26-40-74-77(70)83-76-72(84)53-61(86-69-45-42-58(55-28-14-9-15-29-55)50-66(69)81(7)48-24-25-49-82(81,86)8)54-73(76)85(68-47-44-60(80(4,5)6)52-65(68)57-32-18-11-19-33-57)71-39-27-41-75(78(71)83)87(74,62-34-20-12-21-35-62)63-36-22-13-23-37-63/h9-23,26-47,50-54H,24-25,48-49H2,1-8H3. The Bertz CT molecular complexity index is 4310. The Kier molecular flexibility index (Phi) is 12.0. The maximum atomic E-state index is 2.84. The fraction of sp³-hybridized carbons (Fsp3) is 0.195. The summed E-state index contributed by atoms with van der Waals surface area (Å²) in [4.78, 5) is 8.33. The number of rotatable bonds is 8. The first kappa shape index (κ1) is 53.6. The highest BCUT2D eigenvalue weighted by molar-refractivity contribution is 7.27. The zero-order chi connectivity index (χ0) is 59.2. The van der Waals surface area contributed by atoms with E-state index in [1.165, 1.54) is 146 Å². The van der Waals surface area contributed by atoms with Crippen molar-refractivity contribution in [2.45, 2.75) is 103 Å². The minimum Gasteiger partial charge on any atom is -0.334 e. The molecule has 424 valence electrons. The molecule has 0 radical (unpaired) electrons. The van der Waals surface area contributed by atoms with E-state index in [1.807, 2.05) is 0 Å².